The van der Waals surface area contributed by atoms with Crippen LogP contribution in [-0.2, 0) is 17.8 Å². The monoisotopic (exact) mass is 428 g/mol. The van der Waals surface area contributed by atoms with Crippen molar-refractivity contribution in [2.24, 2.45) is 0 Å². The van der Waals surface area contributed by atoms with E-state index in [4.69, 9.17) is 14.5 Å². The van der Waals surface area contributed by atoms with E-state index in [0.717, 1.165) is 44.9 Å². The van der Waals surface area contributed by atoms with Crippen molar-refractivity contribution in [3.8, 4) is 11.4 Å². The second-order valence-electron chi connectivity index (χ2n) is 7.29. The molecule has 0 saturated heterocycles. The van der Waals surface area contributed by atoms with Gasteiger partial charge in [-0.25, -0.2) is 4.98 Å². The van der Waals surface area contributed by atoms with Crippen LogP contribution in [0.2, 0.25) is 0 Å². The molecule has 0 radical (unpaired) electrons. The molecule has 5 nitrogen and oxygen atoms in total. The first-order valence-corrected chi connectivity index (χ1v) is 11.4. The van der Waals surface area contributed by atoms with Crippen LogP contribution in [-0.4, -0.2) is 28.0 Å². The van der Waals surface area contributed by atoms with Crippen molar-refractivity contribution < 1.29 is 9.47 Å². The number of hydrogen-bond donors (Lipinski definition) is 0. The molecule has 0 fully saturated rings. The summed E-state index contributed by atoms with van der Waals surface area (Å²) >= 11 is 3.08. The minimum Gasteiger partial charge on any atom is -0.497 e. The molecule has 4 rings (SSSR count). The molecule has 152 valence electrons. The van der Waals surface area contributed by atoms with E-state index in [2.05, 4.69) is 20.4 Å². The van der Waals surface area contributed by atoms with Crippen LogP contribution in [0.4, 0.5) is 0 Å². The van der Waals surface area contributed by atoms with Gasteiger partial charge in [-0.2, -0.15) is 0 Å². The number of thioether (sulfide) groups is 1. The Bertz CT molecular complexity index is 1120. The molecular formula is C22H24N2O3S2. The van der Waals surface area contributed by atoms with E-state index in [1.54, 1.807) is 23.0 Å². The minimum absolute atomic E-state index is 0.0235. The van der Waals surface area contributed by atoms with Gasteiger partial charge in [0.15, 0.2) is 5.16 Å². The minimum atomic E-state index is -0.241. The van der Waals surface area contributed by atoms with Crippen molar-refractivity contribution in [1.82, 2.24) is 9.55 Å². The Morgan fingerprint density at radius 1 is 1.41 bits per heavy atom. The lowest BCUT2D eigenvalue weighted by Gasteiger charge is -2.32. The summed E-state index contributed by atoms with van der Waals surface area (Å²) in [5.74, 6) is 1.43. The second kappa shape index (κ2) is 7.97. The Morgan fingerprint density at radius 3 is 2.83 bits per heavy atom. The molecular weight excluding hydrogens is 404 g/mol. The van der Waals surface area contributed by atoms with Crippen LogP contribution >= 0.6 is 23.1 Å². The smallest absolute Gasteiger partial charge is 0.267 e. The summed E-state index contributed by atoms with van der Waals surface area (Å²) in [6.07, 6.45) is 3.45. The van der Waals surface area contributed by atoms with Gasteiger partial charge in [0.1, 0.15) is 10.6 Å². The van der Waals surface area contributed by atoms with Crippen molar-refractivity contribution in [3.63, 3.8) is 0 Å². The lowest BCUT2D eigenvalue weighted by atomic mass is 9.90. The van der Waals surface area contributed by atoms with Gasteiger partial charge in [-0.15, -0.1) is 17.9 Å². The highest BCUT2D eigenvalue weighted by Gasteiger charge is 2.33. The van der Waals surface area contributed by atoms with Gasteiger partial charge in [-0.05, 0) is 43.2 Å². The summed E-state index contributed by atoms with van der Waals surface area (Å²) in [5, 5.41) is 1.40. The molecule has 0 spiro atoms. The molecule has 3 heterocycles. The largest absolute Gasteiger partial charge is 0.497 e. The molecule has 29 heavy (non-hydrogen) atoms. The summed E-state index contributed by atoms with van der Waals surface area (Å²) in [5.41, 5.74) is 1.61. The van der Waals surface area contributed by atoms with Crippen molar-refractivity contribution in [1.29, 1.82) is 0 Å². The van der Waals surface area contributed by atoms with Crippen molar-refractivity contribution in [2.75, 3.05) is 12.9 Å². The van der Waals surface area contributed by atoms with Gasteiger partial charge >= 0.3 is 0 Å². The highest BCUT2D eigenvalue weighted by atomic mass is 32.2. The van der Waals surface area contributed by atoms with Crippen LogP contribution in [0.3, 0.4) is 0 Å². The van der Waals surface area contributed by atoms with Gasteiger partial charge in [0.2, 0.25) is 0 Å². The maximum atomic E-state index is 13.7. The number of methoxy groups -OCH3 is 1. The second-order valence-corrected chi connectivity index (χ2v) is 9.36. The zero-order chi connectivity index (χ0) is 20.6. The first kappa shape index (κ1) is 20.2. The van der Waals surface area contributed by atoms with Crippen molar-refractivity contribution in [2.45, 2.75) is 44.1 Å². The van der Waals surface area contributed by atoms with Crippen LogP contribution in [0, 0.1) is 0 Å². The summed E-state index contributed by atoms with van der Waals surface area (Å²) in [7, 11) is 1.63. The summed E-state index contributed by atoms with van der Waals surface area (Å²) in [6.45, 7) is 8.57. The van der Waals surface area contributed by atoms with Gasteiger partial charge in [0.05, 0.1) is 30.4 Å². The number of benzene rings is 1. The fourth-order valence-electron chi connectivity index (χ4n) is 3.52. The van der Waals surface area contributed by atoms with Gasteiger partial charge in [0, 0.05) is 17.1 Å². The van der Waals surface area contributed by atoms with E-state index in [9.17, 15) is 4.79 Å². The van der Waals surface area contributed by atoms with E-state index in [-0.39, 0.29) is 11.2 Å². The molecule has 1 aliphatic heterocycles. The topological polar surface area (TPSA) is 53.4 Å². The van der Waals surface area contributed by atoms with E-state index in [1.807, 2.05) is 30.3 Å². The zero-order valence-corrected chi connectivity index (χ0v) is 18.5. The molecule has 0 saturated carbocycles. The quantitative estimate of drug-likeness (QED) is 0.315. The average molecular weight is 429 g/mol. The highest BCUT2D eigenvalue weighted by molar-refractivity contribution is 7.99. The number of ether oxygens (including phenoxy) is 2. The van der Waals surface area contributed by atoms with Crippen LogP contribution in [0.5, 0.6) is 5.75 Å². The third-order valence-corrected chi connectivity index (χ3v) is 7.42. The average Bonchev–Trinajstić information content (AvgIpc) is 3.10. The fourth-order valence-corrected chi connectivity index (χ4v) is 5.41. The van der Waals surface area contributed by atoms with Crippen LogP contribution < -0.4 is 10.3 Å². The van der Waals surface area contributed by atoms with Gasteiger partial charge in [-0.1, -0.05) is 24.8 Å². The predicted molar refractivity (Wildman–Crippen MR) is 120 cm³/mol. The van der Waals surface area contributed by atoms with Gasteiger partial charge in [0.25, 0.3) is 5.56 Å². The summed E-state index contributed by atoms with van der Waals surface area (Å²) in [6, 6.07) is 7.51. The maximum absolute atomic E-state index is 13.7. The Morgan fingerprint density at radius 2 is 2.17 bits per heavy atom. The molecule has 0 amide bonds. The van der Waals surface area contributed by atoms with Gasteiger partial charge in [-0.3, -0.25) is 9.36 Å². The lowest BCUT2D eigenvalue weighted by molar-refractivity contribution is -0.0543. The maximum Gasteiger partial charge on any atom is 0.267 e. The van der Waals surface area contributed by atoms with E-state index in [0.29, 0.717) is 17.5 Å². The highest BCUT2D eigenvalue weighted by Crippen LogP contribution is 2.39. The molecule has 1 aliphatic rings. The zero-order valence-electron chi connectivity index (χ0n) is 16.9. The van der Waals surface area contributed by atoms with E-state index in [1.165, 1.54) is 11.8 Å². The van der Waals surface area contributed by atoms with Crippen molar-refractivity contribution in [3.05, 3.63) is 57.7 Å². The van der Waals surface area contributed by atoms with Crippen LogP contribution in [0.15, 0.2) is 46.9 Å². The first-order valence-electron chi connectivity index (χ1n) is 9.59. The third kappa shape index (κ3) is 3.63. The number of rotatable bonds is 6. The standard InChI is InChI=1S/C22H24N2O3S2/c1-5-11-28-21-23-19-18(16-12-22(3,6-2)27-13-17(16)29-19)20(25)24(21)14-7-9-15(26-4)10-8-14/h5,7-10H,1,6,11-13H2,2-4H3/t22-/m0/s1. The van der Waals surface area contributed by atoms with Gasteiger partial charge < -0.3 is 9.47 Å². The third-order valence-electron chi connectivity index (χ3n) is 5.39. The van der Waals surface area contributed by atoms with Crippen molar-refractivity contribution >= 4 is 33.3 Å². The molecule has 1 aromatic carbocycles. The normalized spacial score (nSPS) is 18.6. The molecule has 3 aromatic rings. The number of aromatic nitrogens is 2. The molecule has 0 N–H and O–H groups in total. The lowest BCUT2D eigenvalue weighted by Crippen LogP contribution is -2.34. The number of hydrogen-bond acceptors (Lipinski definition) is 6. The van der Waals surface area contributed by atoms with E-state index >= 15 is 0 Å². The van der Waals surface area contributed by atoms with Crippen LogP contribution in [0.25, 0.3) is 15.9 Å². The summed E-state index contributed by atoms with van der Waals surface area (Å²) < 4.78 is 13.1. The molecule has 0 unspecified atom stereocenters. The Kier molecular flexibility index (Phi) is 5.55. The number of fused-ring (bicyclic) bond motifs is 3. The fraction of sp³-hybridized carbons (Fsp3) is 0.364. The van der Waals surface area contributed by atoms with Crippen LogP contribution in [0.1, 0.15) is 30.7 Å². The molecule has 2 aromatic heterocycles. The Hall–Kier alpha value is -2.09. The SMILES string of the molecule is C=CCSc1nc2sc3c(c2c(=O)n1-c1ccc(OC)cc1)C[C@](C)(CC)OC3. The molecule has 0 bridgehead atoms. The molecule has 7 heteroatoms. The number of nitrogens with zero attached hydrogens (tertiary/aromatic N) is 2. The van der Waals surface area contributed by atoms with E-state index < -0.39 is 0 Å². The summed E-state index contributed by atoms with van der Waals surface area (Å²) in [4.78, 5) is 20.5. The Labute approximate surface area is 178 Å². The Balaban J connectivity index is 1.94. The molecule has 1 atom stereocenters. The number of thiophene rings is 1. The molecule has 0 aliphatic carbocycles. The first-order chi connectivity index (χ1) is 14.0. The predicted octanol–water partition coefficient (Wildman–Crippen LogP) is 4.98.